The highest BCUT2D eigenvalue weighted by Crippen LogP contribution is 2.20. The highest BCUT2D eigenvalue weighted by Gasteiger charge is 2.20. The Balaban J connectivity index is 2.11. The van der Waals surface area contributed by atoms with E-state index in [1.165, 1.54) is 12.8 Å². The fourth-order valence-corrected chi connectivity index (χ4v) is 2.57. The number of methoxy groups -OCH3 is 1. The van der Waals surface area contributed by atoms with E-state index in [0.717, 1.165) is 31.2 Å². The van der Waals surface area contributed by atoms with E-state index in [1.807, 2.05) is 13.0 Å². The highest BCUT2D eigenvalue weighted by molar-refractivity contribution is 5.34. The van der Waals surface area contributed by atoms with Crippen LogP contribution in [0.15, 0.2) is 6.07 Å². The van der Waals surface area contributed by atoms with E-state index in [-0.39, 0.29) is 0 Å². The first-order chi connectivity index (χ1) is 9.10. The van der Waals surface area contributed by atoms with E-state index >= 15 is 0 Å². The molecule has 0 spiro atoms. The molecular weight excluding hydrogens is 240 g/mol. The molecule has 19 heavy (non-hydrogen) atoms. The van der Waals surface area contributed by atoms with Crippen LogP contribution in [0.1, 0.15) is 25.0 Å². The van der Waals surface area contributed by atoms with Gasteiger partial charge in [-0.25, -0.2) is 4.98 Å². The normalized spacial score (nSPS) is 20.5. The fraction of sp³-hybridized carbons (Fsp3) is 0.714. The molecule has 1 fully saturated rings. The van der Waals surface area contributed by atoms with Crippen LogP contribution in [0.2, 0.25) is 0 Å². The molecule has 1 aromatic rings. The van der Waals surface area contributed by atoms with Crippen molar-refractivity contribution in [1.29, 1.82) is 0 Å². The van der Waals surface area contributed by atoms with E-state index in [0.29, 0.717) is 11.9 Å². The Morgan fingerprint density at radius 3 is 2.74 bits per heavy atom. The molecule has 0 radical (unpaired) electrons. The Hall–Kier alpha value is -1.36. The molecule has 106 valence electrons. The first-order valence-electron chi connectivity index (χ1n) is 6.91. The van der Waals surface area contributed by atoms with Gasteiger partial charge in [-0.2, -0.15) is 4.98 Å². The number of hydrogen-bond acceptors (Lipinski definition) is 5. The zero-order chi connectivity index (χ0) is 13.8. The second kappa shape index (κ2) is 6.19. The summed E-state index contributed by atoms with van der Waals surface area (Å²) >= 11 is 0. The van der Waals surface area contributed by atoms with Gasteiger partial charge in [-0.15, -0.1) is 0 Å². The average Bonchev–Trinajstić information content (AvgIpc) is 2.63. The molecule has 1 aliphatic heterocycles. The molecule has 1 aromatic heterocycles. The van der Waals surface area contributed by atoms with Crippen LogP contribution in [0, 0.1) is 6.92 Å². The zero-order valence-electron chi connectivity index (χ0n) is 12.4. The molecule has 1 unspecified atom stereocenters. The molecule has 2 heterocycles. The van der Waals surface area contributed by atoms with Crippen molar-refractivity contribution in [3.63, 3.8) is 0 Å². The summed E-state index contributed by atoms with van der Waals surface area (Å²) in [7, 11) is 5.97. The Labute approximate surface area is 115 Å². The van der Waals surface area contributed by atoms with Crippen molar-refractivity contribution in [2.24, 2.45) is 0 Å². The Kier molecular flexibility index (Phi) is 4.58. The number of ether oxygens (including phenoxy) is 1. The van der Waals surface area contributed by atoms with Gasteiger partial charge in [0.1, 0.15) is 0 Å². The quantitative estimate of drug-likeness (QED) is 0.831. The summed E-state index contributed by atoms with van der Waals surface area (Å²) in [5.41, 5.74) is 0.954. The smallest absolute Gasteiger partial charge is 0.228 e. The van der Waals surface area contributed by atoms with Crippen LogP contribution in [0.25, 0.3) is 0 Å². The maximum Gasteiger partial charge on any atom is 0.228 e. The molecule has 5 heteroatoms. The number of anilines is 1. The van der Waals surface area contributed by atoms with Gasteiger partial charge in [0.25, 0.3) is 0 Å². The van der Waals surface area contributed by atoms with Crippen molar-refractivity contribution >= 4 is 5.95 Å². The van der Waals surface area contributed by atoms with Crippen molar-refractivity contribution in [3.05, 3.63) is 11.8 Å². The van der Waals surface area contributed by atoms with Gasteiger partial charge in [0.15, 0.2) is 0 Å². The van der Waals surface area contributed by atoms with E-state index in [4.69, 9.17) is 4.74 Å². The van der Waals surface area contributed by atoms with Crippen molar-refractivity contribution in [1.82, 2.24) is 14.9 Å². The molecule has 0 N–H and O–H groups in total. The van der Waals surface area contributed by atoms with Crippen molar-refractivity contribution in [2.45, 2.75) is 32.2 Å². The minimum Gasteiger partial charge on any atom is -0.481 e. The van der Waals surface area contributed by atoms with Gasteiger partial charge in [0.05, 0.1) is 7.11 Å². The van der Waals surface area contributed by atoms with E-state index in [2.05, 4.69) is 33.9 Å². The molecular formula is C14H24N4O. The maximum atomic E-state index is 5.23. The predicted octanol–water partition coefficient (Wildman–Crippen LogP) is 1.71. The van der Waals surface area contributed by atoms with Crippen LogP contribution < -0.4 is 9.64 Å². The predicted molar refractivity (Wildman–Crippen MR) is 76.9 cm³/mol. The molecule has 1 saturated heterocycles. The number of aromatic nitrogens is 2. The zero-order valence-corrected chi connectivity index (χ0v) is 12.4. The van der Waals surface area contributed by atoms with E-state index in [9.17, 15) is 0 Å². The lowest BCUT2D eigenvalue weighted by Crippen LogP contribution is -2.30. The minimum atomic E-state index is 0.649. The number of aryl methyl sites for hydroxylation is 1. The molecule has 2 rings (SSSR count). The fourth-order valence-electron chi connectivity index (χ4n) is 2.57. The lowest BCUT2D eigenvalue weighted by Gasteiger charge is -2.23. The number of hydrogen-bond donors (Lipinski definition) is 0. The van der Waals surface area contributed by atoms with Crippen molar-refractivity contribution in [3.8, 4) is 5.88 Å². The molecule has 1 aliphatic rings. The summed E-state index contributed by atoms with van der Waals surface area (Å²) < 4.78 is 5.23. The van der Waals surface area contributed by atoms with Gasteiger partial charge in [-0.05, 0) is 40.3 Å². The summed E-state index contributed by atoms with van der Waals surface area (Å²) in [5, 5.41) is 0. The number of nitrogens with zero attached hydrogens (tertiary/aromatic N) is 4. The summed E-state index contributed by atoms with van der Waals surface area (Å²) in [6.45, 7) is 4.01. The molecule has 0 aromatic carbocycles. The van der Waals surface area contributed by atoms with Gasteiger partial charge in [-0.1, -0.05) is 0 Å². The molecule has 0 aliphatic carbocycles. The van der Waals surface area contributed by atoms with Gasteiger partial charge in [0.2, 0.25) is 11.8 Å². The minimum absolute atomic E-state index is 0.649. The van der Waals surface area contributed by atoms with Gasteiger partial charge < -0.3 is 14.5 Å². The second-order valence-electron chi connectivity index (χ2n) is 5.39. The van der Waals surface area contributed by atoms with Crippen LogP contribution in [-0.2, 0) is 0 Å². The second-order valence-corrected chi connectivity index (χ2v) is 5.39. The molecule has 5 nitrogen and oxygen atoms in total. The molecule has 0 amide bonds. The maximum absolute atomic E-state index is 5.23. The third-order valence-electron chi connectivity index (χ3n) is 3.74. The summed E-state index contributed by atoms with van der Waals surface area (Å²) in [5.74, 6) is 1.45. The van der Waals surface area contributed by atoms with E-state index < -0.39 is 0 Å². The largest absolute Gasteiger partial charge is 0.481 e. The van der Waals surface area contributed by atoms with Crippen molar-refractivity contribution in [2.75, 3.05) is 39.2 Å². The Bertz CT molecular complexity index is 422. The van der Waals surface area contributed by atoms with Crippen LogP contribution in [0.5, 0.6) is 5.88 Å². The average molecular weight is 264 g/mol. The summed E-state index contributed by atoms with van der Waals surface area (Å²) in [6.07, 6.45) is 3.58. The number of rotatable bonds is 3. The topological polar surface area (TPSA) is 41.5 Å². The van der Waals surface area contributed by atoms with Crippen LogP contribution in [0.3, 0.4) is 0 Å². The van der Waals surface area contributed by atoms with Gasteiger partial charge in [-0.3, -0.25) is 0 Å². The summed E-state index contributed by atoms with van der Waals surface area (Å²) in [6, 6.07) is 2.53. The van der Waals surface area contributed by atoms with Crippen LogP contribution in [0.4, 0.5) is 5.95 Å². The van der Waals surface area contributed by atoms with Crippen LogP contribution >= 0.6 is 0 Å². The third kappa shape index (κ3) is 3.56. The molecule has 1 atom stereocenters. The monoisotopic (exact) mass is 264 g/mol. The standard InChI is InChI=1S/C14H24N4O/c1-11-10-13(19-4)16-14(15-11)18-8-5-6-12(7-9-18)17(2)3/h10,12H,5-9H2,1-4H3. The van der Waals surface area contributed by atoms with Crippen molar-refractivity contribution < 1.29 is 4.74 Å². The SMILES string of the molecule is COc1cc(C)nc(N2CCCC(N(C)C)CC2)n1. The Morgan fingerprint density at radius 2 is 2.05 bits per heavy atom. The molecule has 0 bridgehead atoms. The first kappa shape index (κ1) is 14.1. The summed E-state index contributed by atoms with van der Waals surface area (Å²) in [4.78, 5) is 13.6. The first-order valence-corrected chi connectivity index (χ1v) is 6.91. The highest BCUT2D eigenvalue weighted by atomic mass is 16.5. The Morgan fingerprint density at radius 1 is 1.26 bits per heavy atom. The van der Waals surface area contributed by atoms with Gasteiger partial charge in [0, 0.05) is 30.9 Å². The van der Waals surface area contributed by atoms with E-state index in [1.54, 1.807) is 7.11 Å². The molecule has 0 saturated carbocycles. The third-order valence-corrected chi connectivity index (χ3v) is 3.74. The lowest BCUT2D eigenvalue weighted by atomic mass is 10.1. The van der Waals surface area contributed by atoms with Gasteiger partial charge >= 0.3 is 0 Å². The lowest BCUT2D eigenvalue weighted by molar-refractivity contribution is 0.272. The van der Waals surface area contributed by atoms with Crippen LogP contribution in [-0.4, -0.2) is 55.2 Å².